The average Bonchev–Trinajstić information content (AvgIpc) is 2.72. The Morgan fingerprint density at radius 2 is 1.96 bits per heavy atom. The van der Waals surface area contributed by atoms with Crippen LogP contribution >= 0.6 is 0 Å². The lowest BCUT2D eigenvalue weighted by Gasteiger charge is -2.25. The molecule has 0 spiro atoms. The second-order valence-electron chi connectivity index (χ2n) is 6.83. The predicted octanol–water partition coefficient (Wildman–Crippen LogP) is 4.14. The van der Waals surface area contributed by atoms with Crippen LogP contribution in [0.15, 0.2) is 61.1 Å². The van der Waals surface area contributed by atoms with Crippen LogP contribution in [0.2, 0.25) is 0 Å². The SMILES string of the molecule is c1ccc(CCCNC2CCCc3nc(-c4cccnc4)ncc32)cc1. The van der Waals surface area contributed by atoms with Crippen molar-refractivity contribution in [2.75, 3.05) is 6.54 Å². The molecule has 4 heteroatoms. The monoisotopic (exact) mass is 344 g/mol. The molecule has 3 aromatic rings. The van der Waals surface area contributed by atoms with E-state index in [-0.39, 0.29) is 0 Å². The summed E-state index contributed by atoms with van der Waals surface area (Å²) in [5, 5.41) is 3.71. The van der Waals surface area contributed by atoms with Gasteiger partial charge >= 0.3 is 0 Å². The van der Waals surface area contributed by atoms with Gasteiger partial charge in [-0.1, -0.05) is 30.3 Å². The Labute approximate surface area is 154 Å². The molecule has 2 aromatic heterocycles. The van der Waals surface area contributed by atoms with Crippen molar-refractivity contribution in [3.05, 3.63) is 77.9 Å². The first kappa shape index (κ1) is 16.9. The molecule has 2 heterocycles. The van der Waals surface area contributed by atoms with Crippen LogP contribution in [0.5, 0.6) is 0 Å². The number of fused-ring (bicyclic) bond motifs is 1. The van der Waals surface area contributed by atoms with Crippen molar-refractivity contribution in [1.82, 2.24) is 20.3 Å². The summed E-state index contributed by atoms with van der Waals surface area (Å²) in [6.45, 7) is 1.02. The molecule has 4 rings (SSSR count). The number of aryl methyl sites for hydroxylation is 2. The molecule has 0 radical (unpaired) electrons. The minimum absolute atomic E-state index is 0.373. The molecule has 0 saturated carbocycles. The zero-order chi connectivity index (χ0) is 17.6. The third kappa shape index (κ3) is 3.97. The van der Waals surface area contributed by atoms with Crippen molar-refractivity contribution >= 4 is 0 Å². The van der Waals surface area contributed by atoms with Crippen molar-refractivity contribution in [2.45, 2.75) is 38.1 Å². The van der Waals surface area contributed by atoms with Gasteiger partial charge in [-0.15, -0.1) is 0 Å². The highest BCUT2D eigenvalue weighted by molar-refractivity contribution is 5.53. The summed E-state index contributed by atoms with van der Waals surface area (Å²) >= 11 is 0. The van der Waals surface area contributed by atoms with Crippen LogP contribution < -0.4 is 5.32 Å². The highest BCUT2D eigenvalue weighted by Gasteiger charge is 2.22. The molecular weight excluding hydrogens is 320 g/mol. The molecule has 1 atom stereocenters. The summed E-state index contributed by atoms with van der Waals surface area (Å²) in [6.07, 6.45) is 11.2. The first-order valence-corrected chi connectivity index (χ1v) is 9.44. The smallest absolute Gasteiger partial charge is 0.160 e. The zero-order valence-electron chi connectivity index (χ0n) is 14.9. The average molecular weight is 344 g/mol. The van der Waals surface area contributed by atoms with Crippen molar-refractivity contribution in [2.24, 2.45) is 0 Å². The van der Waals surface area contributed by atoms with Gasteiger partial charge in [0.15, 0.2) is 5.82 Å². The normalized spacial score (nSPS) is 16.2. The van der Waals surface area contributed by atoms with Gasteiger partial charge in [0.1, 0.15) is 0 Å². The lowest BCUT2D eigenvalue weighted by molar-refractivity contribution is 0.449. The van der Waals surface area contributed by atoms with E-state index in [0.717, 1.165) is 43.6 Å². The highest BCUT2D eigenvalue weighted by atomic mass is 14.9. The number of aromatic nitrogens is 3. The van der Waals surface area contributed by atoms with E-state index >= 15 is 0 Å². The molecule has 26 heavy (non-hydrogen) atoms. The molecule has 1 aliphatic carbocycles. The van der Waals surface area contributed by atoms with Crippen molar-refractivity contribution in [3.8, 4) is 11.4 Å². The Bertz CT molecular complexity index is 833. The second kappa shape index (κ2) is 8.19. The van der Waals surface area contributed by atoms with Crippen LogP contribution in [0.4, 0.5) is 0 Å². The second-order valence-corrected chi connectivity index (χ2v) is 6.83. The molecule has 4 nitrogen and oxygen atoms in total. The van der Waals surface area contributed by atoms with Crippen LogP contribution in [0.25, 0.3) is 11.4 Å². The van der Waals surface area contributed by atoms with Crippen LogP contribution in [0.3, 0.4) is 0 Å². The number of hydrogen-bond acceptors (Lipinski definition) is 4. The van der Waals surface area contributed by atoms with Gasteiger partial charge in [0, 0.05) is 41.5 Å². The number of hydrogen-bond donors (Lipinski definition) is 1. The summed E-state index contributed by atoms with van der Waals surface area (Å²) in [4.78, 5) is 13.6. The molecule has 0 fully saturated rings. The Kier molecular flexibility index (Phi) is 5.31. The van der Waals surface area contributed by atoms with E-state index in [1.807, 2.05) is 24.5 Å². The fourth-order valence-electron chi connectivity index (χ4n) is 3.61. The Morgan fingerprint density at radius 1 is 1.04 bits per heavy atom. The standard InChI is InChI=1S/C22H24N4/c1-2-7-17(8-3-1)9-5-14-24-20-11-4-12-21-19(20)16-25-22(26-21)18-10-6-13-23-15-18/h1-3,6-8,10,13,15-16,20,24H,4-5,9,11-12,14H2. The summed E-state index contributed by atoms with van der Waals surface area (Å²) in [7, 11) is 0. The Hall–Kier alpha value is -2.59. The fourth-order valence-corrected chi connectivity index (χ4v) is 3.61. The quantitative estimate of drug-likeness (QED) is 0.683. The Balaban J connectivity index is 1.39. The lowest BCUT2D eigenvalue weighted by Crippen LogP contribution is -2.27. The maximum Gasteiger partial charge on any atom is 0.160 e. The molecule has 1 unspecified atom stereocenters. The summed E-state index contributed by atoms with van der Waals surface area (Å²) in [5.74, 6) is 0.779. The first-order chi connectivity index (χ1) is 12.9. The minimum atomic E-state index is 0.373. The van der Waals surface area contributed by atoms with Gasteiger partial charge in [-0.2, -0.15) is 0 Å². The van der Waals surface area contributed by atoms with Gasteiger partial charge < -0.3 is 5.32 Å². The molecule has 1 aliphatic rings. The van der Waals surface area contributed by atoms with Gasteiger partial charge in [0.05, 0.1) is 0 Å². The molecule has 1 aromatic carbocycles. The minimum Gasteiger partial charge on any atom is -0.310 e. The first-order valence-electron chi connectivity index (χ1n) is 9.44. The van der Waals surface area contributed by atoms with Crippen LogP contribution in [-0.4, -0.2) is 21.5 Å². The van der Waals surface area contributed by atoms with E-state index in [1.165, 1.54) is 23.2 Å². The number of nitrogens with zero attached hydrogens (tertiary/aromatic N) is 3. The number of nitrogens with one attached hydrogen (secondary N) is 1. The van der Waals surface area contributed by atoms with E-state index in [1.54, 1.807) is 6.20 Å². The van der Waals surface area contributed by atoms with Gasteiger partial charge in [0.25, 0.3) is 0 Å². The maximum absolute atomic E-state index is 4.82. The summed E-state index contributed by atoms with van der Waals surface area (Å²) < 4.78 is 0. The number of rotatable bonds is 6. The third-order valence-electron chi connectivity index (χ3n) is 4.98. The lowest BCUT2D eigenvalue weighted by atomic mass is 9.92. The van der Waals surface area contributed by atoms with Crippen LogP contribution in [-0.2, 0) is 12.8 Å². The third-order valence-corrected chi connectivity index (χ3v) is 4.98. The van der Waals surface area contributed by atoms with Crippen LogP contribution in [0.1, 0.15) is 42.1 Å². The summed E-state index contributed by atoms with van der Waals surface area (Å²) in [5.41, 5.74) is 4.84. The van der Waals surface area contributed by atoms with E-state index < -0.39 is 0 Å². The number of benzene rings is 1. The molecule has 0 bridgehead atoms. The van der Waals surface area contributed by atoms with Crippen molar-refractivity contribution in [1.29, 1.82) is 0 Å². The largest absolute Gasteiger partial charge is 0.310 e. The van der Waals surface area contributed by atoms with Crippen molar-refractivity contribution < 1.29 is 0 Å². The van der Waals surface area contributed by atoms with E-state index in [2.05, 4.69) is 45.6 Å². The molecule has 0 aliphatic heterocycles. The van der Waals surface area contributed by atoms with Gasteiger partial charge in [-0.25, -0.2) is 9.97 Å². The van der Waals surface area contributed by atoms with Gasteiger partial charge in [0.2, 0.25) is 0 Å². The van der Waals surface area contributed by atoms with Gasteiger partial charge in [-0.3, -0.25) is 4.98 Å². The molecule has 132 valence electrons. The number of pyridine rings is 1. The van der Waals surface area contributed by atoms with Gasteiger partial charge in [-0.05, 0) is 56.3 Å². The Morgan fingerprint density at radius 3 is 2.81 bits per heavy atom. The zero-order valence-corrected chi connectivity index (χ0v) is 14.9. The molecule has 0 saturated heterocycles. The maximum atomic E-state index is 4.82. The molecule has 1 N–H and O–H groups in total. The van der Waals surface area contributed by atoms with E-state index in [9.17, 15) is 0 Å². The fraction of sp³-hybridized carbons (Fsp3) is 0.318. The highest BCUT2D eigenvalue weighted by Crippen LogP contribution is 2.29. The molecular formula is C22H24N4. The predicted molar refractivity (Wildman–Crippen MR) is 104 cm³/mol. The van der Waals surface area contributed by atoms with Crippen LogP contribution in [0, 0.1) is 0 Å². The summed E-state index contributed by atoms with van der Waals surface area (Å²) in [6, 6.07) is 15.0. The van der Waals surface area contributed by atoms with E-state index in [0.29, 0.717) is 6.04 Å². The molecule has 0 amide bonds. The van der Waals surface area contributed by atoms with Crippen molar-refractivity contribution in [3.63, 3.8) is 0 Å². The topological polar surface area (TPSA) is 50.7 Å². The van der Waals surface area contributed by atoms with E-state index in [4.69, 9.17) is 4.98 Å².